The van der Waals surface area contributed by atoms with E-state index >= 15 is 0 Å². The molecule has 1 aliphatic heterocycles. The van der Waals surface area contributed by atoms with Crippen LogP contribution in [-0.2, 0) is 10.4 Å². The third-order valence-electron chi connectivity index (χ3n) is 6.54. The Morgan fingerprint density at radius 2 is 1.73 bits per heavy atom. The number of carboxylic acid groups (broad SMARTS) is 1. The number of alkyl halides is 3. The molecule has 0 radical (unpaired) electrons. The summed E-state index contributed by atoms with van der Waals surface area (Å²) >= 11 is 6.37. The number of hydrogen-bond acceptors (Lipinski definition) is 4. The molecule has 2 atom stereocenters. The second-order valence-corrected chi connectivity index (χ2v) is 9.05. The Hall–Kier alpha value is -3.63. The van der Waals surface area contributed by atoms with Gasteiger partial charge in [-0.2, -0.15) is 13.2 Å². The molecule has 2 N–H and O–H groups in total. The molecule has 1 heterocycles. The van der Waals surface area contributed by atoms with Gasteiger partial charge >= 0.3 is 12.1 Å². The number of rotatable bonds is 5. The minimum atomic E-state index is -5.14. The van der Waals surface area contributed by atoms with Crippen molar-refractivity contribution in [2.75, 3.05) is 18.6 Å². The maximum atomic E-state index is 14.5. The lowest BCUT2D eigenvalue weighted by atomic mass is 9.77. The zero-order valence-corrected chi connectivity index (χ0v) is 20.2. The van der Waals surface area contributed by atoms with Crippen molar-refractivity contribution < 1.29 is 42.1 Å². The fourth-order valence-corrected chi connectivity index (χ4v) is 4.66. The Kier molecular flexibility index (Phi) is 6.68. The summed E-state index contributed by atoms with van der Waals surface area (Å²) < 4.78 is 62.5. The van der Waals surface area contributed by atoms with Crippen LogP contribution in [0.4, 0.5) is 23.2 Å². The van der Waals surface area contributed by atoms with E-state index in [9.17, 15) is 32.3 Å². The zero-order chi connectivity index (χ0) is 27.3. The summed E-state index contributed by atoms with van der Waals surface area (Å²) in [6.45, 7) is 0.909. The first-order valence-corrected chi connectivity index (χ1v) is 11.3. The van der Waals surface area contributed by atoms with Crippen LogP contribution in [0.15, 0.2) is 54.6 Å². The molecule has 1 aliphatic rings. The van der Waals surface area contributed by atoms with Crippen molar-refractivity contribution in [3.05, 3.63) is 82.1 Å². The minimum Gasteiger partial charge on any atom is -0.482 e. The lowest BCUT2D eigenvalue weighted by Gasteiger charge is -2.38. The number of carbonyl (C=O) groups is 2. The molecule has 3 aromatic carbocycles. The summed E-state index contributed by atoms with van der Waals surface area (Å²) in [5.74, 6) is -4.29. The van der Waals surface area contributed by atoms with Gasteiger partial charge in [0, 0.05) is 18.0 Å². The predicted molar refractivity (Wildman–Crippen MR) is 128 cm³/mol. The van der Waals surface area contributed by atoms with Crippen molar-refractivity contribution in [2.45, 2.75) is 24.6 Å². The molecule has 11 heteroatoms. The first-order chi connectivity index (χ1) is 17.3. The van der Waals surface area contributed by atoms with Crippen LogP contribution in [0.25, 0.3) is 11.1 Å². The van der Waals surface area contributed by atoms with Gasteiger partial charge in [-0.25, -0.2) is 9.18 Å². The average molecular weight is 538 g/mol. The number of likely N-dealkylation sites (N-methyl/N-ethyl adjacent to an activating group) is 1. The molecule has 0 saturated carbocycles. The summed E-state index contributed by atoms with van der Waals surface area (Å²) in [5.41, 5.74) is -3.82. The first kappa shape index (κ1) is 26.4. The fourth-order valence-electron chi connectivity index (χ4n) is 4.32. The number of aromatic carboxylic acids is 1. The van der Waals surface area contributed by atoms with Gasteiger partial charge in [-0.3, -0.25) is 4.79 Å². The van der Waals surface area contributed by atoms with Crippen molar-refractivity contribution in [1.29, 1.82) is 0 Å². The Balaban J connectivity index is 1.78. The number of ether oxygens (including phenoxy) is 1. The van der Waals surface area contributed by atoms with Gasteiger partial charge < -0.3 is 19.8 Å². The molecular formula is C26H20ClF4NO5. The molecule has 6 nitrogen and oxygen atoms in total. The maximum absolute atomic E-state index is 14.5. The SMILES string of the molecule is C[C@@H](c1ccc(-c2ccc(F)c(C(=O)O)c2)cc1Cl)[C@](O)(c1ccc2c(c1)N(C)C(=O)CO2)C(F)(F)F. The smallest absolute Gasteiger partial charge is 0.422 e. The molecule has 0 unspecified atom stereocenters. The van der Waals surface area contributed by atoms with Crippen LogP contribution in [0.1, 0.15) is 34.3 Å². The van der Waals surface area contributed by atoms with Crippen LogP contribution < -0.4 is 9.64 Å². The molecule has 0 spiro atoms. The number of carboxylic acids is 1. The summed E-state index contributed by atoms with van der Waals surface area (Å²) in [5, 5.41) is 20.2. The number of amides is 1. The van der Waals surface area contributed by atoms with Crippen LogP contribution >= 0.6 is 11.6 Å². The number of fused-ring (bicyclic) bond motifs is 1. The lowest BCUT2D eigenvalue weighted by Crippen LogP contribution is -2.47. The highest BCUT2D eigenvalue weighted by Gasteiger charge is 2.59. The number of nitrogens with zero attached hydrogens (tertiary/aromatic N) is 1. The Morgan fingerprint density at radius 1 is 1.08 bits per heavy atom. The highest BCUT2D eigenvalue weighted by atomic mass is 35.5. The Bertz CT molecular complexity index is 1410. The monoisotopic (exact) mass is 537 g/mol. The van der Waals surface area contributed by atoms with E-state index in [0.717, 1.165) is 29.2 Å². The van der Waals surface area contributed by atoms with Crippen molar-refractivity contribution >= 4 is 29.2 Å². The van der Waals surface area contributed by atoms with E-state index in [1.165, 1.54) is 44.3 Å². The largest absolute Gasteiger partial charge is 0.482 e. The summed E-state index contributed by atoms with van der Waals surface area (Å²) in [6.07, 6.45) is -5.14. The van der Waals surface area contributed by atoms with Crippen LogP contribution in [0.2, 0.25) is 5.02 Å². The number of aliphatic hydroxyl groups is 1. The standard InChI is InChI=1S/C26H20ClF4NO5/c1-13(17-6-3-15(10-19(17)27)14-4-7-20(28)18(9-14)24(34)35)25(36,26(29,30)31)16-5-8-22-21(11-16)32(2)23(33)12-37-22/h3-11,13,36H,12H2,1-2H3,(H,34,35)/t13-,25-/m0/s1. The second kappa shape index (κ2) is 9.35. The summed E-state index contributed by atoms with van der Waals surface area (Å²) in [7, 11) is 1.39. The molecule has 1 amide bonds. The third-order valence-corrected chi connectivity index (χ3v) is 6.87. The van der Waals surface area contributed by atoms with Crippen molar-refractivity contribution in [1.82, 2.24) is 0 Å². The molecule has 37 heavy (non-hydrogen) atoms. The van der Waals surface area contributed by atoms with E-state index in [4.69, 9.17) is 21.4 Å². The average Bonchev–Trinajstić information content (AvgIpc) is 2.84. The number of hydrogen-bond donors (Lipinski definition) is 2. The van der Waals surface area contributed by atoms with E-state index in [1.54, 1.807) is 0 Å². The highest BCUT2D eigenvalue weighted by molar-refractivity contribution is 6.31. The lowest BCUT2D eigenvalue weighted by molar-refractivity contribution is -0.274. The Morgan fingerprint density at radius 3 is 2.35 bits per heavy atom. The van der Waals surface area contributed by atoms with E-state index in [2.05, 4.69) is 0 Å². The fraction of sp³-hybridized carbons (Fsp3) is 0.231. The number of anilines is 1. The van der Waals surface area contributed by atoms with Crippen LogP contribution in [0.5, 0.6) is 5.75 Å². The molecule has 0 aliphatic carbocycles. The Labute approximate surface area is 213 Å². The van der Waals surface area contributed by atoms with Crippen molar-refractivity contribution in [2.24, 2.45) is 0 Å². The predicted octanol–water partition coefficient (Wildman–Crippen LogP) is 5.75. The number of benzene rings is 3. The zero-order valence-electron chi connectivity index (χ0n) is 19.4. The van der Waals surface area contributed by atoms with Gasteiger partial charge in [-0.05, 0) is 52.6 Å². The quantitative estimate of drug-likeness (QED) is 0.405. The van der Waals surface area contributed by atoms with Gasteiger partial charge in [0.15, 0.2) is 12.2 Å². The van der Waals surface area contributed by atoms with E-state index in [-0.39, 0.29) is 34.2 Å². The third kappa shape index (κ3) is 4.51. The molecule has 0 saturated heterocycles. The molecule has 194 valence electrons. The second-order valence-electron chi connectivity index (χ2n) is 8.65. The molecule has 0 bridgehead atoms. The summed E-state index contributed by atoms with van der Waals surface area (Å²) in [4.78, 5) is 24.4. The normalized spacial score (nSPS) is 16.0. The molecule has 0 aromatic heterocycles. The topological polar surface area (TPSA) is 87.1 Å². The van der Waals surface area contributed by atoms with Gasteiger partial charge in [0.1, 0.15) is 11.6 Å². The summed E-state index contributed by atoms with van der Waals surface area (Å²) in [6, 6.07) is 10.8. The molecular weight excluding hydrogens is 518 g/mol. The van der Waals surface area contributed by atoms with E-state index < -0.39 is 46.5 Å². The van der Waals surface area contributed by atoms with Gasteiger partial charge in [0.2, 0.25) is 0 Å². The van der Waals surface area contributed by atoms with Gasteiger partial charge in [-0.1, -0.05) is 42.8 Å². The molecule has 4 rings (SSSR count). The number of carbonyl (C=O) groups excluding carboxylic acids is 1. The van der Waals surface area contributed by atoms with Crippen molar-refractivity contribution in [3.8, 4) is 16.9 Å². The van der Waals surface area contributed by atoms with Crippen LogP contribution in [-0.4, -0.2) is 41.9 Å². The van der Waals surface area contributed by atoms with Gasteiger partial charge in [0.25, 0.3) is 5.91 Å². The van der Waals surface area contributed by atoms with Crippen LogP contribution in [0, 0.1) is 5.82 Å². The maximum Gasteiger partial charge on any atom is 0.422 e. The molecule has 0 fully saturated rings. The van der Waals surface area contributed by atoms with Crippen LogP contribution in [0.3, 0.4) is 0 Å². The van der Waals surface area contributed by atoms with Gasteiger partial charge in [0.05, 0.1) is 11.3 Å². The van der Waals surface area contributed by atoms with E-state index in [1.807, 2.05) is 0 Å². The molecule has 3 aromatic rings. The van der Waals surface area contributed by atoms with Gasteiger partial charge in [-0.15, -0.1) is 0 Å². The highest BCUT2D eigenvalue weighted by Crippen LogP contribution is 2.51. The minimum absolute atomic E-state index is 0.0378. The van der Waals surface area contributed by atoms with Crippen molar-refractivity contribution in [3.63, 3.8) is 0 Å². The van der Waals surface area contributed by atoms with E-state index in [0.29, 0.717) is 5.56 Å². The first-order valence-electron chi connectivity index (χ1n) is 10.9. The number of halogens is 5.